The van der Waals surface area contributed by atoms with Gasteiger partial charge in [0.2, 0.25) is 10.0 Å². The first-order chi connectivity index (χ1) is 14.5. The minimum atomic E-state index is -3.90. The summed E-state index contributed by atoms with van der Waals surface area (Å²) < 4.78 is 54.4. The molecule has 0 heterocycles. The second-order valence-corrected chi connectivity index (χ2v) is 10.3. The Labute approximate surface area is 183 Å². The predicted molar refractivity (Wildman–Crippen MR) is 118 cm³/mol. The molecule has 3 aromatic carbocycles. The van der Waals surface area contributed by atoms with E-state index in [1.54, 1.807) is 18.2 Å². The van der Waals surface area contributed by atoms with Gasteiger partial charge in [0, 0.05) is 22.8 Å². The Kier molecular flexibility index (Phi) is 6.48. The average Bonchev–Trinajstić information content (AvgIpc) is 2.67. The van der Waals surface area contributed by atoms with Crippen LogP contribution in [0, 0.1) is 10.1 Å². The highest BCUT2D eigenvalue weighted by Crippen LogP contribution is 2.22. The van der Waals surface area contributed by atoms with Crippen molar-refractivity contribution < 1.29 is 21.8 Å². The zero-order valence-electron chi connectivity index (χ0n) is 15.7. The highest BCUT2D eigenvalue weighted by atomic mass is 35.5. The molecule has 0 saturated carbocycles. The van der Waals surface area contributed by atoms with Crippen LogP contribution in [0.4, 0.5) is 17.1 Å². The van der Waals surface area contributed by atoms with E-state index >= 15 is 0 Å². The standard InChI is InChI=1S/C19H16ClN3O6S2/c20-15-4-2-5-17(12-15)22-31(28,29)19-9-7-16(8-10-19)21-30(26,27)13-14-3-1-6-18(11-14)23(24)25/h1-12,21-22H,13H2. The molecular weight excluding hydrogens is 466 g/mol. The predicted octanol–water partition coefficient (Wildman–Crippen LogP) is 3.99. The van der Waals surface area contributed by atoms with Gasteiger partial charge >= 0.3 is 0 Å². The molecule has 0 aromatic heterocycles. The second kappa shape index (κ2) is 8.92. The molecule has 0 atom stereocenters. The third-order valence-electron chi connectivity index (χ3n) is 3.99. The highest BCUT2D eigenvalue weighted by Gasteiger charge is 2.17. The number of non-ortho nitro benzene ring substituents is 1. The highest BCUT2D eigenvalue weighted by molar-refractivity contribution is 7.92. The molecule has 3 rings (SSSR count). The summed E-state index contributed by atoms with van der Waals surface area (Å²) in [6, 6.07) is 16.6. The van der Waals surface area contributed by atoms with Gasteiger partial charge < -0.3 is 0 Å². The maximum atomic E-state index is 12.5. The molecule has 0 amide bonds. The minimum Gasteiger partial charge on any atom is -0.283 e. The number of halogens is 1. The largest absolute Gasteiger partial charge is 0.283 e. The van der Waals surface area contributed by atoms with E-state index in [1.165, 1.54) is 54.6 Å². The number of benzene rings is 3. The Balaban J connectivity index is 1.72. The van der Waals surface area contributed by atoms with Gasteiger partial charge in [0.25, 0.3) is 15.7 Å². The maximum absolute atomic E-state index is 12.5. The van der Waals surface area contributed by atoms with E-state index in [1.807, 2.05) is 0 Å². The lowest BCUT2D eigenvalue weighted by atomic mass is 10.2. The fourth-order valence-electron chi connectivity index (χ4n) is 2.66. The Morgan fingerprint density at radius 2 is 1.52 bits per heavy atom. The van der Waals surface area contributed by atoms with E-state index in [2.05, 4.69) is 9.44 Å². The molecule has 0 aliphatic heterocycles. The van der Waals surface area contributed by atoms with Gasteiger partial charge in [0.05, 0.1) is 21.3 Å². The molecule has 31 heavy (non-hydrogen) atoms. The van der Waals surface area contributed by atoms with Crippen LogP contribution in [0.15, 0.2) is 77.7 Å². The first-order valence-electron chi connectivity index (χ1n) is 8.66. The van der Waals surface area contributed by atoms with Crippen molar-refractivity contribution in [2.24, 2.45) is 0 Å². The van der Waals surface area contributed by atoms with E-state index in [0.717, 1.165) is 0 Å². The van der Waals surface area contributed by atoms with Crippen molar-refractivity contribution in [1.82, 2.24) is 0 Å². The molecule has 9 nitrogen and oxygen atoms in total. The number of nitrogens with zero attached hydrogens (tertiary/aromatic N) is 1. The Hall–Kier alpha value is -3.15. The van der Waals surface area contributed by atoms with Crippen LogP contribution < -0.4 is 9.44 Å². The molecule has 0 bridgehead atoms. The quantitative estimate of drug-likeness (QED) is 0.369. The minimum absolute atomic E-state index is 0.0749. The van der Waals surface area contributed by atoms with Gasteiger partial charge in [-0.05, 0) is 48.0 Å². The van der Waals surface area contributed by atoms with Gasteiger partial charge in [-0.1, -0.05) is 29.8 Å². The summed E-state index contributed by atoms with van der Waals surface area (Å²) in [6.45, 7) is 0. The summed E-state index contributed by atoms with van der Waals surface area (Å²) >= 11 is 5.85. The molecule has 0 spiro atoms. The Bertz CT molecular complexity index is 1330. The molecule has 0 aliphatic rings. The molecule has 0 unspecified atom stereocenters. The molecule has 0 fully saturated rings. The summed E-state index contributed by atoms with van der Waals surface area (Å²) in [6.07, 6.45) is 0. The fourth-order valence-corrected chi connectivity index (χ4v) is 5.09. The zero-order valence-corrected chi connectivity index (χ0v) is 18.1. The van der Waals surface area contributed by atoms with Crippen LogP contribution in [0.3, 0.4) is 0 Å². The van der Waals surface area contributed by atoms with Gasteiger partial charge in [-0.3, -0.25) is 19.6 Å². The van der Waals surface area contributed by atoms with Gasteiger partial charge in [0.15, 0.2) is 0 Å². The van der Waals surface area contributed by atoms with Crippen molar-refractivity contribution >= 4 is 48.7 Å². The first kappa shape index (κ1) is 22.5. The van der Waals surface area contributed by atoms with Gasteiger partial charge in [-0.15, -0.1) is 0 Å². The van der Waals surface area contributed by atoms with E-state index in [9.17, 15) is 26.9 Å². The lowest BCUT2D eigenvalue weighted by Crippen LogP contribution is -2.16. The molecule has 0 saturated heterocycles. The van der Waals surface area contributed by atoms with E-state index in [0.29, 0.717) is 5.02 Å². The van der Waals surface area contributed by atoms with Crippen molar-refractivity contribution in [3.05, 3.63) is 93.5 Å². The first-order valence-corrected chi connectivity index (χ1v) is 12.2. The molecule has 2 N–H and O–H groups in total. The van der Waals surface area contributed by atoms with Crippen LogP contribution in [0.25, 0.3) is 0 Å². The number of nitro groups is 1. The number of sulfonamides is 2. The smallest absolute Gasteiger partial charge is 0.269 e. The van der Waals surface area contributed by atoms with Crippen molar-refractivity contribution in [2.45, 2.75) is 10.6 Å². The van der Waals surface area contributed by atoms with Crippen molar-refractivity contribution in [2.75, 3.05) is 9.44 Å². The number of hydrogen-bond acceptors (Lipinski definition) is 6. The van der Waals surface area contributed by atoms with Crippen LogP contribution in [0.1, 0.15) is 5.56 Å². The van der Waals surface area contributed by atoms with Crippen molar-refractivity contribution in [1.29, 1.82) is 0 Å². The van der Waals surface area contributed by atoms with E-state index < -0.39 is 30.7 Å². The third-order valence-corrected chi connectivity index (χ3v) is 6.89. The normalized spacial score (nSPS) is 11.6. The van der Waals surface area contributed by atoms with Crippen LogP contribution >= 0.6 is 11.6 Å². The average molecular weight is 482 g/mol. The number of nitrogens with one attached hydrogen (secondary N) is 2. The molecule has 0 radical (unpaired) electrons. The lowest BCUT2D eigenvalue weighted by Gasteiger charge is -2.11. The number of rotatable bonds is 8. The second-order valence-electron chi connectivity index (χ2n) is 6.43. The van der Waals surface area contributed by atoms with E-state index in [4.69, 9.17) is 11.6 Å². The Morgan fingerprint density at radius 1 is 0.839 bits per heavy atom. The summed E-state index contributed by atoms with van der Waals surface area (Å²) in [5, 5.41) is 11.2. The molecule has 3 aromatic rings. The molecular formula is C19H16ClN3O6S2. The zero-order chi connectivity index (χ0) is 22.6. The fraction of sp³-hybridized carbons (Fsp3) is 0.0526. The van der Waals surface area contributed by atoms with Gasteiger partial charge in [0.1, 0.15) is 0 Å². The van der Waals surface area contributed by atoms with Crippen molar-refractivity contribution in [3.63, 3.8) is 0 Å². The summed E-state index contributed by atoms with van der Waals surface area (Å²) in [7, 11) is -7.79. The van der Waals surface area contributed by atoms with E-state index in [-0.39, 0.29) is 27.5 Å². The summed E-state index contributed by atoms with van der Waals surface area (Å²) in [5.74, 6) is -0.481. The monoisotopic (exact) mass is 481 g/mol. The van der Waals surface area contributed by atoms with Crippen LogP contribution in [-0.4, -0.2) is 21.8 Å². The van der Waals surface area contributed by atoms with Crippen LogP contribution in [-0.2, 0) is 25.8 Å². The summed E-state index contributed by atoms with van der Waals surface area (Å²) in [5.41, 5.74) is 0.461. The van der Waals surface area contributed by atoms with Crippen molar-refractivity contribution in [3.8, 4) is 0 Å². The van der Waals surface area contributed by atoms with Crippen LogP contribution in [0.5, 0.6) is 0 Å². The summed E-state index contributed by atoms with van der Waals surface area (Å²) in [4.78, 5) is 10.1. The van der Waals surface area contributed by atoms with Crippen LogP contribution in [0.2, 0.25) is 5.02 Å². The lowest BCUT2D eigenvalue weighted by molar-refractivity contribution is -0.384. The molecule has 0 aliphatic carbocycles. The molecule has 162 valence electrons. The number of anilines is 2. The maximum Gasteiger partial charge on any atom is 0.269 e. The SMILES string of the molecule is O=[N+]([O-])c1cccc(CS(=O)(=O)Nc2ccc(S(=O)(=O)Nc3cccc(Cl)c3)cc2)c1. The number of hydrogen-bond donors (Lipinski definition) is 2. The van der Waals surface area contributed by atoms with Gasteiger partial charge in [-0.2, -0.15) is 0 Å². The topological polar surface area (TPSA) is 135 Å². The molecule has 12 heteroatoms. The number of nitro benzene ring substituents is 1. The third kappa shape index (κ3) is 6.17. The Morgan fingerprint density at radius 3 is 2.16 bits per heavy atom. The van der Waals surface area contributed by atoms with Gasteiger partial charge in [-0.25, -0.2) is 16.8 Å².